The summed E-state index contributed by atoms with van der Waals surface area (Å²) >= 11 is 12.5. The number of benzene rings is 3. The maximum atomic E-state index is 14.9. The van der Waals surface area contributed by atoms with Crippen molar-refractivity contribution in [2.75, 3.05) is 26.8 Å². The Bertz CT molecular complexity index is 1310. The lowest BCUT2D eigenvalue weighted by molar-refractivity contribution is -0.141. The molecule has 9 heteroatoms. The van der Waals surface area contributed by atoms with E-state index >= 15 is 0 Å². The van der Waals surface area contributed by atoms with Gasteiger partial charge in [0.25, 0.3) is 5.91 Å². The molecule has 2 aliphatic heterocycles. The zero-order chi connectivity index (χ0) is 29.9. The number of likely N-dealkylation sites (tertiary alicyclic amines) is 1. The Labute approximate surface area is 258 Å². The van der Waals surface area contributed by atoms with Crippen LogP contribution in [0.2, 0.25) is 10.0 Å². The van der Waals surface area contributed by atoms with E-state index in [1.165, 1.54) is 0 Å². The number of halogens is 2. The Kier molecular flexibility index (Phi) is 9.65. The van der Waals surface area contributed by atoms with Crippen molar-refractivity contribution in [3.8, 4) is 11.5 Å². The van der Waals surface area contributed by atoms with Gasteiger partial charge in [0.15, 0.2) is 5.66 Å². The summed E-state index contributed by atoms with van der Waals surface area (Å²) in [5.41, 5.74) is 1.36. The van der Waals surface area contributed by atoms with Gasteiger partial charge in [0.1, 0.15) is 11.5 Å². The van der Waals surface area contributed by atoms with Crippen molar-refractivity contribution in [1.29, 1.82) is 0 Å². The van der Waals surface area contributed by atoms with Crippen molar-refractivity contribution in [2.45, 2.75) is 57.0 Å². The number of amides is 1. The molecule has 0 spiro atoms. The molecule has 0 aromatic heterocycles. The summed E-state index contributed by atoms with van der Waals surface area (Å²) in [4.78, 5) is 16.8. The highest BCUT2D eigenvalue weighted by Crippen LogP contribution is 2.45. The fourth-order valence-electron chi connectivity index (χ4n) is 6.10. The lowest BCUT2D eigenvalue weighted by Crippen LogP contribution is -2.60. The summed E-state index contributed by atoms with van der Waals surface area (Å²) in [5.74, 6) is 1.55. The van der Waals surface area contributed by atoms with Crippen molar-refractivity contribution in [3.05, 3.63) is 93.5 Å². The van der Waals surface area contributed by atoms with Crippen LogP contribution >= 0.6 is 23.2 Å². The Morgan fingerprint density at radius 2 is 1.50 bits per heavy atom. The maximum Gasteiger partial charge on any atom is 0.262 e. The summed E-state index contributed by atoms with van der Waals surface area (Å²) < 4.78 is 11.9. The predicted molar refractivity (Wildman–Crippen MR) is 166 cm³/mol. The average molecular weight is 613 g/mol. The molecule has 2 saturated heterocycles. The monoisotopic (exact) mass is 611 g/mol. The van der Waals surface area contributed by atoms with E-state index in [9.17, 15) is 9.90 Å². The second-order valence-electron chi connectivity index (χ2n) is 11.4. The van der Waals surface area contributed by atoms with Gasteiger partial charge in [-0.05, 0) is 86.6 Å². The summed E-state index contributed by atoms with van der Waals surface area (Å²) in [7, 11) is 1.62. The molecule has 0 bridgehead atoms. The number of nitrogens with one attached hydrogen (secondary N) is 2. The fraction of sp³-hybridized carbons (Fsp3) is 0.424. The van der Waals surface area contributed by atoms with Crippen molar-refractivity contribution in [3.63, 3.8) is 0 Å². The molecule has 5 rings (SSSR count). The zero-order valence-corrected chi connectivity index (χ0v) is 25.8. The molecular weight excluding hydrogens is 573 g/mol. The summed E-state index contributed by atoms with van der Waals surface area (Å²) in [6.07, 6.45) is 2.33. The summed E-state index contributed by atoms with van der Waals surface area (Å²) in [6, 6.07) is 20.5. The standard InChI is InChI=1S/C33H39Cl2N3O4/c1-21(2)42-29-20-27(41-3)12-13-28(29)33(32(40)38-17-14-22(15-18-38)16-19-39)36-30(23-4-8-25(34)9-5-23)31(37-33)24-6-10-26(35)11-7-24/h4-13,20-22,30-31,36-37,39H,14-19H2,1-3H3. The smallest absolute Gasteiger partial charge is 0.262 e. The molecule has 2 heterocycles. The fourth-order valence-corrected chi connectivity index (χ4v) is 6.35. The van der Waals surface area contributed by atoms with Crippen molar-refractivity contribution in [2.24, 2.45) is 5.92 Å². The normalized spacial score (nSPS) is 22.9. The van der Waals surface area contributed by atoms with E-state index in [1.807, 2.05) is 85.5 Å². The first-order valence-corrected chi connectivity index (χ1v) is 15.3. The second kappa shape index (κ2) is 13.2. The molecule has 0 saturated carbocycles. The number of ether oxygens (including phenoxy) is 2. The van der Waals surface area contributed by atoms with E-state index in [2.05, 4.69) is 10.6 Å². The molecule has 2 unspecified atom stereocenters. The van der Waals surface area contributed by atoms with Gasteiger partial charge >= 0.3 is 0 Å². The number of aliphatic hydroxyl groups excluding tert-OH is 1. The highest BCUT2D eigenvalue weighted by molar-refractivity contribution is 6.30. The van der Waals surface area contributed by atoms with Crippen LogP contribution in [-0.2, 0) is 10.5 Å². The molecule has 2 atom stereocenters. The molecule has 3 N–H and O–H groups in total. The molecule has 224 valence electrons. The largest absolute Gasteiger partial charge is 0.497 e. The molecule has 2 fully saturated rings. The third-order valence-corrected chi connectivity index (χ3v) is 8.75. The first-order valence-electron chi connectivity index (χ1n) is 14.6. The number of hydrogen-bond donors (Lipinski definition) is 3. The minimum atomic E-state index is -1.31. The number of carbonyl (C=O) groups excluding carboxylic acids is 1. The summed E-state index contributed by atoms with van der Waals surface area (Å²) in [5, 5.41) is 18.3. The quantitative estimate of drug-likeness (QED) is 0.266. The van der Waals surface area contributed by atoms with Gasteiger partial charge in [-0.2, -0.15) is 0 Å². The topological polar surface area (TPSA) is 83.1 Å². The molecule has 3 aromatic carbocycles. The van der Waals surface area contributed by atoms with Crippen molar-refractivity contribution < 1.29 is 19.4 Å². The van der Waals surface area contributed by atoms with Crippen LogP contribution < -0.4 is 20.1 Å². The number of piperidine rings is 1. The van der Waals surface area contributed by atoms with Crippen LogP contribution in [0.4, 0.5) is 0 Å². The molecule has 0 radical (unpaired) electrons. The van der Waals surface area contributed by atoms with Crippen molar-refractivity contribution in [1.82, 2.24) is 15.5 Å². The molecule has 3 aromatic rings. The minimum absolute atomic E-state index is 0.0702. The van der Waals surface area contributed by atoms with E-state index in [0.717, 1.165) is 30.4 Å². The Morgan fingerprint density at radius 1 is 0.952 bits per heavy atom. The third kappa shape index (κ3) is 6.41. The molecule has 1 amide bonds. The van der Waals surface area contributed by atoms with E-state index < -0.39 is 5.66 Å². The number of hydrogen-bond acceptors (Lipinski definition) is 6. The van der Waals surface area contributed by atoms with Crippen LogP contribution in [0, 0.1) is 5.92 Å². The maximum absolute atomic E-state index is 14.9. The second-order valence-corrected chi connectivity index (χ2v) is 12.2. The van der Waals surface area contributed by atoms with E-state index in [4.69, 9.17) is 32.7 Å². The van der Waals surface area contributed by atoms with Gasteiger partial charge in [-0.25, -0.2) is 0 Å². The van der Waals surface area contributed by atoms with Crippen LogP contribution in [0.3, 0.4) is 0 Å². The van der Waals surface area contributed by atoms with E-state index in [1.54, 1.807) is 7.11 Å². The van der Waals surface area contributed by atoms with Gasteiger partial charge in [0, 0.05) is 41.4 Å². The van der Waals surface area contributed by atoms with Crippen LogP contribution in [-0.4, -0.2) is 48.8 Å². The lowest BCUT2D eigenvalue weighted by atomic mass is 9.91. The number of methoxy groups -OCH3 is 1. The first kappa shape index (κ1) is 30.6. The summed E-state index contributed by atoms with van der Waals surface area (Å²) in [6.45, 7) is 5.32. The van der Waals surface area contributed by atoms with Crippen LogP contribution in [0.5, 0.6) is 11.5 Å². The molecule has 0 aliphatic carbocycles. The van der Waals surface area contributed by atoms with Gasteiger partial charge in [-0.3, -0.25) is 15.4 Å². The number of carbonyl (C=O) groups is 1. The van der Waals surface area contributed by atoms with Gasteiger partial charge in [0.05, 0.1) is 25.3 Å². The predicted octanol–water partition coefficient (Wildman–Crippen LogP) is 6.24. The van der Waals surface area contributed by atoms with E-state index in [0.29, 0.717) is 46.1 Å². The number of rotatable bonds is 9. The van der Waals surface area contributed by atoms with Gasteiger partial charge in [-0.1, -0.05) is 47.5 Å². The third-order valence-electron chi connectivity index (χ3n) is 8.25. The van der Waals surface area contributed by atoms with Crippen molar-refractivity contribution >= 4 is 29.1 Å². The van der Waals surface area contributed by atoms with Crippen LogP contribution in [0.15, 0.2) is 66.7 Å². The van der Waals surface area contributed by atoms with Gasteiger partial charge in [0.2, 0.25) is 0 Å². The lowest BCUT2D eigenvalue weighted by Gasteiger charge is -2.39. The Hall–Kier alpha value is -2.81. The molecule has 2 aliphatic rings. The number of nitrogens with zero attached hydrogens (tertiary/aromatic N) is 1. The highest BCUT2D eigenvalue weighted by atomic mass is 35.5. The zero-order valence-electron chi connectivity index (χ0n) is 24.3. The SMILES string of the molecule is COc1ccc(C2(C(=O)N3CCC(CCO)CC3)NC(c3ccc(Cl)cc3)C(c3ccc(Cl)cc3)N2)c(OC(C)C)c1. The molecule has 42 heavy (non-hydrogen) atoms. The molecule has 7 nitrogen and oxygen atoms in total. The number of aliphatic hydroxyl groups is 1. The van der Waals surface area contributed by atoms with Crippen LogP contribution in [0.1, 0.15) is 61.9 Å². The Balaban J connectivity index is 1.64. The average Bonchev–Trinajstić information content (AvgIpc) is 3.39. The Morgan fingerprint density at radius 3 is 1.98 bits per heavy atom. The van der Waals surface area contributed by atoms with Crippen LogP contribution in [0.25, 0.3) is 0 Å². The van der Waals surface area contributed by atoms with Gasteiger partial charge in [-0.15, -0.1) is 0 Å². The highest BCUT2D eigenvalue weighted by Gasteiger charge is 2.54. The first-order chi connectivity index (χ1) is 20.2. The minimum Gasteiger partial charge on any atom is -0.497 e. The van der Waals surface area contributed by atoms with Gasteiger partial charge < -0.3 is 19.5 Å². The molecular formula is C33H39Cl2N3O4. The van der Waals surface area contributed by atoms with E-state index in [-0.39, 0.29) is 30.7 Å².